The van der Waals surface area contributed by atoms with Crippen molar-refractivity contribution in [2.45, 2.75) is 31.8 Å². The van der Waals surface area contributed by atoms with Crippen LogP contribution < -0.4 is 25.8 Å². The monoisotopic (exact) mass is 374 g/mol. The summed E-state index contributed by atoms with van der Waals surface area (Å²) in [5.74, 6) is 2.74. The van der Waals surface area contributed by atoms with Gasteiger partial charge in [-0.25, -0.2) is 4.99 Å². The van der Waals surface area contributed by atoms with Crippen LogP contribution in [0.3, 0.4) is 0 Å². The molecule has 2 aliphatic rings. The quantitative estimate of drug-likeness (QED) is 0.587. The van der Waals surface area contributed by atoms with Crippen molar-refractivity contribution >= 4 is 5.84 Å². The first-order valence-electron chi connectivity index (χ1n) is 9.46. The standard InChI is InChI=1S/C19H30N6O2/c1-14-23-18(21-2)12-19(20,24-14)17-11-15(16(26-3)13-22-17)27-10-6-9-25-7-4-5-8-25/h11-13,21H,4-10,20H2,1-3H3,(H,23,24). The summed E-state index contributed by atoms with van der Waals surface area (Å²) in [6.07, 6.45) is 7.03. The van der Waals surface area contributed by atoms with Crippen molar-refractivity contribution in [3.05, 3.63) is 29.9 Å². The summed E-state index contributed by atoms with van der Waals surface area (Å²) in [5.41, 5.74) is 6.07. The van der Waals surface area contributed by atoms with Crippen molar-refractivity contribution < 1.29 is 9.47 Å². The Morgan fingerprint density at radius 3 is 2.81 bits per heavy atom. The first-order valence-corrected chi connectivity index (χ1v) is 9.46. The summed E-state index contributed by atoms with van der Waals surface area (Å²) in [7, 11) is 3.44. The molecule has 0 spiro atoms. The molecular formula is C19H30N6O2. The number of nitrogens with zero attached hydrogens (tertiary/aromatic N) is 3. The molecule has 2 aliphatic heterocycles. The highest BCUT2D eigenvalue weighted by Crippen LogP contribution is 2.32. The second-order valence-electron chi connectivity index (χ2n) is 6.93. The molecule has 1 unspecified atom stereocenters. The summed E-state index contributed by atoms with van der Waals surface area (Å²) in [5, 5.41) is 6.19. The number of ether oxygens (including phenoxy) is 2. The predicted molar refractivity (Wildman–Crippen MR) is 106 cm³/mol. The Bertz CT molecular complexity index is 714. The van der Waals surface area contributed by atoms with Crippen molar-refractivity contribution in [1.82, 2.24) is 20.5 Å². The van der Waals surface area contributed by atoms with Crippen LogP contribution >= 0.6 is 0 Å². The molecule has 1 saturated heterocycles. The Morgan fingerprint density at radius 1 is 1.33 bits per heavy atom. The number of nitrogens with one attached hydrogen (secondary N) is 2. The van der Waals surface area contributed by atoms with Gasteiger partial charge in [-0.3, -0.25) is 10.7 Å². The lowest BCUT2D eigenvalue weighted by Crippen LogP contribution is -2.43. The van der Waals surface area contributed by atoms with Crippen molar-refractivity contribution in [2.24, 2.45) is 10.7 Å². The first-order chi connectivity index (χ1) is 13.0. The lowest BCUT2D eigenvalue weighted by molar-refractivity contribution is 0.253. The van der Waals surface area contributed by atoms with Crippen LogP contribution in [0.2, 0.25) is 0 Å². The van der Waals surface area contributed by atoms with Gasteiger partial charge in [0.1, 0.15) is 11.7 Å². The van der Waals surface area contributed by atoms with Gasteiger partial charge in [-0.15, -0.1) is 0 Å². The van der Waals surface area contributed by atoms with Crippen LogP contribution in [-0.2, 0) is 5.66 Å². The molecular weight excluding hydrogens is 344 g/mol. The molecule has 0 aromatic carbocycles. The molecule has 4 N–H and O–H groups in total. The fourth-order valence-corrected chi connectivity index (χ4v) is 3.44. The maximum atomic E-state index is 6.53. The number of likely N-dealkylation sites (tertiary alicyclic amines) is 1. The van der Waals surface area contributed by atoms with Crippen molar-refractivity contribution in [3.8, 4) is 11.5 Å². The summed E-state index contributed by atoms with van der Waals surface area (Å²) < 4.78 is 11.4. The number of pyridine rings is 1. The summed E-state index contributed by atoms with van der Waals surface area (Å²) in [6, 6.07) is 1.82. The molecule has 0 saturated carbocycles. The molecule has 27 heavy (non-hydrogen) atoms. The van der Waals surface area contributed by atoms with Gasteiger partial charge in [-0.2, -0.15) is 0 Å². The van der Waals surface area contributed by atoms with Gasteiger partial charge < -0.3 is 25.0 Å². The Balaban J connectivity index is 1.72. The molecule has 0 bridgehead atoms. The zero-order valence-corrected chi connectivity index (χ0v) is 16.4. The third-order valence-electron chi connectivity index (χ3n) is 4.84. The van der Waals surface area contributed by atoms with Gasteiger partial charge in [-0.05, 0) is 39.3 Å². The third kappa shape index (κ3) is 4.70. The number of amidine groups is 1. The summed E-state index contributed by atoms with van der Waals surface area (Å²) in [4.78, 5) is 11.5. The normalized spacial score (nSPS) is 22.7. The van der Waals surface area contributed by atoms with Crippen LogP contribution in [0, 0.1) is 0 Å². The van der Waals surface area contributed by atoms with E-state index in [9.17, 15) is 0 Å². The second kappa shape index (κ2) is 8.58. The minimum atomic E-state index is -1.06. The lowest BCUT2D eigenvalue weighted by atomic mass is 10.0. The van der Waals surface area contributed by atoms with E-state index in [-0.39, 0.29) is 0 Å². The molecule has 148 valence electrons. The number of hydrogen-bond donors (Lipinski definition) is 3. The molecule has 0 radical (unpaired) electrons. The Morgan fingerprint density at radius 2 is 2.11 bits per heavy atom. The topological polar surface area (TPSA) is 97.0 Å². The molecule has 0 amide bonds. The largest absolute Gasteiger partial charge is 0.491 e. The molecule has 8 heteroatoms. The van der Waals surface area contributed by atoms with E-state index < -0.39 is 5.66 Å². The van der Waals surface area contributed by atoms with E-state index >= 15 is 0 Å². The zero-order chi connectivity index (χ0) is 19.3. The molecule has 1 atom stereocenters. The van der Waals surface area contributed by atoms with E-state index in [1.807, 2.05) is 26.1 Å². The van der Waals surface area contributed by atoms with Crippen LogP contribution in [-0.4, -0.2) is 56.1 Å². The highest BCUT2D eigenvalue weighted by atomic mass is 16.5. The van der Waals surface area contributed by atoms with E-state index in [1.54, 1.807) is 13.3 Å². The van der Waals surface area contributed by atoms with E-state index in [1.165, 1.54) is 25.9 Å². The van der Waals surface area contributed by atoms with Gasteiger partial charge in [0.15, 0.2) is 17.2 Å². The van der Waals surface area contributed by atoms with Crippen LogP contribution in [0.5, 0.6) is 11.5 Å². The third-order valence-corrected chi connectivity index (χ3v) is 4.84. The molecule has 1 aromatic heterocycles. The number of nitrogens with two attached hydrogens (primary N) is 1. The highest BCUT2D eigenvalue weighted by molar-refractivity contribution is 5.83. The average Bonchev–Trinajstić information content (AvgIpc) is 3.17. The van der Waals surface area contributed by atoms with Crippen molar-refractivity contribution in [2.75, 3.05) is 40.4 Å². The van der Waals surface area contributed by atoms with Gasteiger partial charge in [0.05, 0.1) is 25.6 Å². The summed E-state index contributed by atoms with van der Waals surface area (Å²) in [6.45, 7) is 5.94. The highest BCUT2D eigenvalue weighted by Gasteiger charge is 2.31. The van der Waals surface area contributed by atoms with Gasteiger partial charge >= 0.3 is 0 Å². The van der Waals surface area contributed by atoms with Crippen molar-refractivity contribution in [3.63, 3.8) is 0 Å². The lowest BCUT2D eigenvalue weighted by Gasteiger charge is -2.28. The average molecular weight is 374 g/mol. The molecule has 0 aliphatic carbocycles. The number of methoxy groups -OCH3 is 1. The SMILES string of the molecule is CNC1=CC(N)(c2cc(OCCCN3CCCC3)c(OC)cn2)N=C(C)N1. The molecule has 1 fully saturated rings. The van der Waals surface area contributed by atoms with E-state index in [2.05, 4.69) is 25.5 Å². The maximum Gasteiger partial charge on any atom is 0.179 e. The van der Waals surface area contributed by atoms with Gasteiger partial charge in [-0.1, -0.05) is 0 Å². The van der Waals surface area contributed by atoms with E-state index in [4.69, 9.17) is 15.2 Å². The Kier molecular flexibility index (Phi) is 6.18. The predicted octanol–water partition coefficient (Wildman–Crippen LogP) is 1.15. The minimum Gasteiger partial charge on any atom is -0.491 e. The Labute approximate surface area is 160 Å². The number of hydrogen-bond acceptors (Lipinski definition) is 8. The smallest absolute Gasteiger partial charge is 0.179 e. The maximum absolute atomic E-state index is 6.53. The van der Waals surface area contributed by atoms with Gasteiger partial charge in [0, 0.05) is 25.7 Å². The Hall–Kier alpha value is -2.32. The molecule has 1 aromatic rings. The first kappa shape index (κ1) is 19.4. The van der Waals surface area contributed by atoms with E-state index in [0.29, 0.717) is 23.8 Å². The second-order valence-corrected chi connectivity index (χ2v) is 6.93. The van der Waals surface area contributed by atoms with E-state index in [0.717, 1.165) is 24.6 Å². The molecule has 3 rings (SSSR count). The molecule has 3 heterocycles. The van der Waals surface area contributed by atoms with Gasteiger partial charge in [0.2, 0.25) is 0 Å². The van der Waals surface area contributed by atoms with Crippen LogP contribution in [0.25, 0.3) is 0 Å². The van der Waals surface area contributed by atoms with Crippen LogP contribution in [0.1, 0.15) is 31.9 Å². The fourth-order valence-electron chi connectivity index (χ4n) is 3.44. The molecule has 8 nitrogen and oxygen atoms in total. The number of rotatable bonds is 8. The fraction of sp³-hybridized carbons (Fsp3) is 0.579. The van der Waals surface area contributed by atoms with Gasteiger partial charge in [0.25, 0.3) is 0 Å². The summed E-state index contributed by atoms with van der Waals surface area (Å²) >= 11 is 0. The van der Waals surface area contributed by atoms with Crippen molar-refractivity contribution in [1.29, 1.82) is 0 Å². The van der Waals surface area contributed by atoms with Crippen LogP contribution in [0.15, 0.2) is 29.2 Å². The number of aromatic nitrogens is 1. The zero-order valence-electron chi connectivity index (χ0n) is 16.4. The number of aliphatic imine (C=N–C) groups is 1. The van der Waals surface area contributed by atoms with Crippen LogP contribution in [0.4, 0.5) is 0 Å². The minimum absolute atomic E-state index is 0.593.